The van der Waals surface area contributed by atoms with Gasteiger partial charge in [-0.25, -0.2) is 4.98 Å². The van der Waals surface area contributed by atoms with Crippen LogP contribution in [0.15, 0.2) is 77.5 Å². The van der Waals surface area contributed by atoms with Crippen LogP contribution in [0.3, 0.4) is 0 Å². The zero-order valence-electron chi connectivity index (χ0n) is 38.2. The number of amides is 4. The minimum absolute atomic E-state index is 0.0378. The number of likely N-dealkylation sites (tertiary alicyclic amines) is 1. The Balaban J connectivity index is 0.915. The van der Waals surface area contributed by atoms with E-state index in [2.05, 4.69) is 20.9 Å². The van der Waals surface area contributed by atoms with Crippen molar-refractivity contribution in [3.63, 3.8) is 0 Å². The maximum absolute atomic E-state index is 14.0. The first kappa shape index (κ1) is 48.5. The number of hydrogen-bond acceptors (Lipinski definition) is 11. The molecule has 1 aliphatic heterocycles. The van der Waals surface area contributed by atoms with Gasteiger partial charge < -0.3 is 44.6 Å². The average Bonchev–Trinajstić information content (AvgIpc) is 3.88. The number of aliphatic hydroxyl groups excluding tert-OH is 1. The summed E-state index contributed by atoms with van der Waals surface area (Å²) in [6, 6.07) is 19.3. The molecule has 0 unspecified atom stereocenters. The van der Waals surface area contributed by atoms with E-state index in [9.17, 15) is 29.5 Å². The Morgan fingerprint density at radius 2 is 1.68 bits per heavy atom. The molecule has 16 heteroatoms. The molecule has 1 saturated heterocycles. The standard InChI is InChI=1S/C49H59ClN6O9/c1-29-40(64-28-53-29)31-12-10-30(11-13-31)25-52-43(60)38-22-34(57)26-56(38)44(61)41(47(2,3)4)54-39(58)27-62-20-9-21-63-35-17-14-32(15-18-35)42(59)55-45-48(5,6)46(49(45,7)8)65-36-19-16-33(24-51)37(50)23-36/h10-19,23,28,34,38,41,45-46,57H,9,20-22,25-27H2,1-8H3,(H,52,60)(H,54,58)(H,55,59)/t34-,38+,41-,45?,46?/m1/s1. The van der Waals surface area contributed by atoms with Crippen LogP contribution in [0.2, 0.25) is 5.02 Å². The number of rotatable bonds is 17. The summed E-state index contributed by atoms with van der Waals surface area (Å²) < 4.78 is 23.3. The van der Waals surface area contributed by atoms with Gasteiger partial charge in [-0.3, -0.25) is 19.2 Å². The highest BCUT2D eigenvalue weighted by Crippen LogP contribution is 2.55. The van der Waals surface area contributed by atoms with Crippen LogP contribution in [0.4, 0.5) is 0 Å². The number of nitriles is 1. The highest BCUT2D eigenvalue weighted by molar-refractivity contribution is 6.31. The smallest absolute Gasteiger partial charge is 0.251 e. The highest BCUT2D eigenvalue weighted by atomic mass is 35.5. The molecule has 1 aromatic heterocycles. The van der Waals surface area contributed by atoms with Crippen LogP contribution < -0.4 is 25.4 Å². The molecule has 2 heterocycles. The molecule has 65 heavy (non-hydrogen) atoms. The number of carbonyl (C=O) groups excluding carboxylic acids is 4. The summed E-state index contributed by atoms with van der Waals surface area (Å²) >= 11 is 6.23. The molecule has 15 nitrogen and oxygen atoms in total. The minimum Gasteiger partial charge on any atom is -0.494 e. The third kappa shape index (κ3) is 11.3. The van der Waals surface area contributed by atoms with E-state index in [1.54, 1.807) is 42.5 Å². The van der Waals surface area contributed by atoms with E-state index in [4.69, 9.17) is 30.2 Å². The van der Waals surface area contributed by atoms with E-state index in [0.717, 1.165) is 16.8 Å². The van der Waals surface area contributed by atoms with Crippen molar-refractivity contribution >= 4 is 35.2 Å². The number of hydrogen-bond donors (Lipinski definition) is 4. The first-order valence-electron chi connectivity index (χ1n) is 21.7. The highest BCUT2D eigenvalue weighted by Gasteiger charge is 2.64. The summed E-state index contributed by atoms with van der Waals surface area (Å²) in [5.41, 5.74) is 1.78. The van der Waals surface area contributed by atoms with Crippen LogP contribution in [-0.2, 0) is 25.7 Å². The largest absolute Gasteiger partial charge is 0.494 e. The lowest BCUT2D eigenvalue weighted by molar-refractivity contribution is -0.164. The van der Waals surface area contributed by atoms with Gasteiger partial charge in [0.05, 0.1) is 35.6 Å². The van der Waals surface area contributed by atoms with Crippen LogP contribution in [0.25, 0.3) is 11.3 Å². The Hall–Kier alpha value is -5.95. The van der Waals surface area contributed by atoms with Gasteiger partial charge in [-0.05, 0) is 54.3 Å². The molecule has 0 spiro atoms. The maximum atomic E-state index is 14.0. The Labute approximate surface area is 385 Å². The summed E-state index contributed by atoms with van der Waals surface area (Å²) in [6.45, 7) is 15.9. The number of aromatic nitrogens is 1. The third-order valence-electron chi connectivity index (χ3n) is 12.2. The molecule has 4 N–H and O–H groups in total. The van der Waals surface area contributed by atoms with Crippen molar-refractivity contribution < 1.29 is 42.9 Å². The zero-order chi connectivity index (χ0) is 47.3. The van der Waals surface area contributed by atoms with Gasteiger partial charge in [-0.2, -0.15) is 5.26 Å². The number of carbonyl (C=O) groups is 4. The molecular weight excluding hydrogens is 852 g/mol. The van der Waals surface area contributed by atoms with Crippen LogP contribution >= 0.6 is 11.6 Å². The van der Waals surface area contributed by atoms with Crippen molar-refractivity contribution in [2.24, 2.45) is 16.2 Å². The lowest BCUT2D eigenvalue weighted by Crippen LogP contribution is -2.74. The number of nitrogens with zero attached hydrogens (tertiary/aromatic N) is 3. The quantitative estimate of drug-likeness (QED) is 0.0856. The number of β-amino-alcohol motifs (C(OH)–C–C–N with tert-alkyl or cyclic N) is 1. The third-order valence-corrected chi connectivity index (χ3v) is 12.5. The van der Waals surface area contributed by atoms with Crippen molar-refractivity contribution in [2.75, 3.05) is 26.4 Å². The number of ether oxygens (including phenoxy) is 3. The van der Waals surface area contributed by atoms with Gasteiger partial charge in [0, 0.05) is 60.0 Å². The number of halogens is 1. The molecule has 1 aliphatic carbocycles. The lowest BCUT2D eigenvalue weighted by atomic mass is 9.49. The molecule has 4 amide bonds. The second-order valence-electron chi connectivity index (χ2n) is 19.0. The summed E-state index contributed by atoms with van der Waals surface area (Å²) in [5, 5.41) is 29.0. The normalized spacial score (nSPS) is 20.2. The van der Waals surface area contributed by atoms with Gasteiger partial charge in [0.25, 0.3) is 5.91 Å². The molecule has 4 aromatic rings. The van der Waals surface area contributed by atoms with Gasteiger partial charge in [0.1, 0.15) is 42.4 Å². The van der Waals surface area contributed by atoms with Gasteiger partial charge in [-0.15, -0.1) is 0 Å². The fourth-order valence-electron chi connectivity index (χ4n) is 9.01. The monoisotopic (exact) mass is 910 g/mol. The second-order valence-corrected chi connectivity index (χ2v) is 19.4. The van der Waals surface area contributed by atoms with E-state index in [1.807, 2.05) is 85.7 Å². The van der Waals surface area contributed by atoms with Crippen molar-refractivity contribution in [3.05, 3.63) is 101 Å². The van der Waals surface area contributed by atoms with Gasteiger partial charge in [0.2, 0.25) is 17.7 Å². The zero-order valence-corrected chi connectivity index (χ0v) is 39.0. The number of nitrogens with one attached hydrogen (secondary N) is 3. The maximum Gasteiger partial charge on any atom is 0.251 e. The van der Waals surface area contributed by atoms with Gasteiger partial charge in [-0.1, -0.05) is 84.3 Å². The molecular formula is C49H59ClN6O9. The first-order chi connectivity index (χ1) is 30.7. The number of aryl methyl sites for hydroxylation is 1. The SMILES string of the molecule is Cc1ncoc1-c1ccc(CNC(=O)[C@@H]2C[C@@H](O)CN2C(=O)[C@@H](NC(=O)COCCCOc2ccc(C(=O)NC3C(C)(C)C(Oc4ccc(C#N)c(Cl)c4)C3(C)C)cc2)C(C)(C)C)cc1. The molecule has 1 saturated carbocycles. The molecule has 346 valence electrons. The average molecular weight is 911 g/mol. The van der Waals surface area contributed by atoms with Crippen molar-refractivity contribution in [1.29, 1.82) is 5.26 Å². The Morgan fingerprint density at radius 1 is 1.00 bits per heavy atom. The van der Waals surface area contributed by atoms with E-state index < -0.39 is 52.2 Å². The summed E-state index contributed by atoms with van der Waals surface area (Å²) in [4.78, 5) is 59.3. The Morgan fingerprint density at radius 3 is 2.29 bits per heavy atom. The number of benzene rings is 3. The Kier molecular flexibility index (Phi) is 15.0. The fourth-order valence-corrected chi connectivity index (χ4v) is 9.22. The van der Waals surface area contributed by atoms with E-state index in [-0.39, 0.29) is 50.8 Å². The molecule has 3 atom stereocenters. The molecule has 2 aliphatic rings. The summed E-state index contributed by atoms with van der Waals surface area (Å²) in [5.74, 6) is 0.218. The summed E-state index contributed by atoms with van der Waals surface area (Å²) in [6.07, 6.45) is 0.809. The molecule has 0 radical (unpaired) electrons. The van der Waals surface area contributed by atoms with Crippen LogP contribution in [0.5, 0.6) is 11.5 Å². The predicted molar refractivity (Wildman–Crippen MR) is 243 cm³/mol. The van der Waals surface area contributed by atoms with Crippen LogP contribution in [0, 0.1) is 34.5 Å². The first-order valence-corrected chi connectivity index (χ1v) is 22.1. The van der Waals surface area contributed by atoms with Crippen LogP contribution in [0.1, 0.15) is 88.5 Å². The predicted octanol–water partition coefficient (Wildman–Crippen LogP) is 6.38. The van der Waals surface area contributed by atoms with Crippen molar-refractivity contribution in [2.45, 2.75) is 105 Å². The second kappa shape index (κ2) is 20.1. The molecule has 2 fully saturated rings. The van der Waals surface area contributed by atoms with Crippen LogP contribution in [-0.4, -0.2) is 95.3 Å². The molecule has 3 aromatic carbocycles. The Bertz CT molecular complexity index is 2370. The van der Waals surface area contributed by atoms with Crippen molar-refractivity contribution in [1.82, 2.24) is 25.8 Å². The van der Waals surface area contributed by atoms with E-state index in [1.165, 1.54) is 11.3 Å². The minimum atomic E-state index is -0.988. The molecule has 0 bridgehead atoms. The number of aliphatic hydroxyl groups is 1. The fraction of sp³-hybridized carbons (Fsp3) is 0.469. The van der Waals surface area contributed by atoms with Gasteiger partial charge in [0.15, 0.2) is 12.2 Å². The summed E-state index contributed by atoms with van der Waals surface area (Å²) in [7, 11) is 0. The van der Waals surface area contributed by atoms with Gasteiger partial charge >= 0.3 is 0 Å². The molecule has 6 rings (SSSR count). The lowest BCUT2D eigenvalue weighted by Gasteiger charge is -2.63. The van der Waals surface area contributed by atoms with E-state index in [0.29, 0.717) is 46.4 Å². The van der Waals surface area contributed by atoms with Crippen molar-refractivity contribution in [3.8, 4) is 28.9 Å². The topological polar surface area (TPSA) is 205 Å². The number of oxazole rings is 1. The van der Waals surface area contributed by atoms with E-state index >= 15 is 0 Å².